The lowest BCUT2D eigenvalue weighted by atomic mass is 10.2. The second kappa shape index (κ2) is 7.14. The molecular formula is C18H22N2O. The zero-order chi connectivity index (χ0) is 14.3. The maximum absolute atomic E-state index is 6.07. The quantitative estimate of drug-likeness (QED) is 0.929. The maximum Gasteiger partial charge on any atom is 0.150 e. The highest BCUT2D eigenvalue weighted by molar-refractivity contribution is 5.59. The van der Waals surface area contributed by atoms with Gasteiger partial charge in [0.1, 0.15) is 5.75 Å². The molecular weight excluding hydrogens is 260 g/mol. The maximum atomic E-state index is 6.07. The SMILES string of the molecule is c1ccc(Oc2ccccc2N2CCCCNCC2)cc1. The molecule has 0 atom stereocenters. The van der Waals surface area contributed by atoms with Crippen molar-refractivity contribution in [2.75, 3.05) is 31.1 Å². The van der Waals surface area contributed by atoms with Gasteiger partial charge in [-0.15, -0.1) is 0 Å². The van der Waals surface area contributed by atoms with Gasteiger partial charge in [-0.05, 0) is 43.7 Å². The first kappa shape index (κ1) is 14.0. The summed E-state index contributed by atoms with van der Waals surface area (Å²) in [6.07, 6.45) is 2.45. The van der Waals surface area contributed by atoms with E-state index in [9.17, 15) is 0 Å². The molecule has 0 bridgehead atoms. The number of nitrogens with zero attached hydrogens (tertiary/aromatic N) is 1. The van der Waals surface area contributed by atoms with Gasteiger partial charge in [-0.25, -0.2) is 0 Å². The average Bonchev–Trinajstić information content (AvgIpc) is 2.49. The van der Waals surface area contributed by atoms with Gasteiger partial charge in [-0.2, -0.15) is 0 Å². The third kappa shape index (κ3) is 3.76. The fourth-order valence-electron chi connectivity index (χ4n) is 2.66. The Hall–Kier alpha value is -2.00. The van der Waals surface area contributed by atoms with Gasteiger partial charge in [0.05, 0.1) is 5.69 Å². The molecule has 0 unspecified atom stereocenters. The molecule has 0 aliphatic carbocycles. The Morgan fingerprint density at radius 1 is 0.810 bits per heavy atom. The highest BCUT2D eigenvalue weighted by atomic mass is 16.5. The molecule has 0 amide bonds. The molecule has 2 aromatic carbocycles. The van der Waals surface area contributed by atoms with Crippen LogP contribution in [0.3, 0.4) is 0 Å². The van der Waals surface area contributed by atoms with E-state index in [-0.39, 0.29) is 0 Å². The van der Waals surface area contributed by atoms with Crippen molar-refractivity contribution in [3.63, 3.8) is 0 Å². The van der Waals surface area contributed by atoms with Gasteiger partial charge in [0.15, 0.2) is 5.75 Å². The van der Waals surface area contributed by atoms with E-state index in [0.717, 1.165) is 37.7 Å². The van der Waals surface area contributed by atoms with Crippen molar-refractivity contribution in [1.29, 1.82) is 0 Å². The summed E-state index contributed by atoms with van der Waals surface area (Å²) in [5.41, 5.74) is 1.19. The van der Waals surface area contributed by atoms with Crippen LogP contribution in [0.4, 0.5) is 5.69 Å². The van der Waals surface area contributed by atoms with Crippen LogP contribution in [0.25, 0.3) is 0 Å². The summed E-state index contributed by atoms with van der Waals surface area (Å²) < 4.78 is 6.07. The van der Waals surface area contributed by atoms with E-state index in [0.29, 0.717) is 0 Å². The summed E-state index contributed by atoms with van der Waals surface area (Å²) in [7, 11) is 0. The minimum atomic E-state index is 0.884. The molecule has 1 heterocycles. The monoisotopic (exact) mass is 282 g/mol. The summed E-state index contributed by atoms with van der Waals surface area (Å²) in [5.74, 6) is 1.82. The van der Waals surface area contributed by atoms with Crippen LogP contribution in [-0.4, -0.2) is 26.2 Å². The largest absolute Gasteiger partial charge is 0.455 e. The van der Waals surface area contributed by atoms with Gasteiger partial charge in [0.25, 0.3) is 0 Å². The van der Waals surface area contributed by atoms with Gasteiger partial charge < -0.3 is 15.0 Å². The molecule has 1 aliphatic rings. The molecule has 21 heavy (non-hydrogen) atoms. The predicted molar refractivity (Wildman–Crippen MR) is 87.3 cm³/mol. The Kier molecular flexibility index (Phi) is 4.74. The number of benzene rings is 2. The Morgan fingerprint density at radius 2 is 1.62 bits per heavy atom. The van der Waals surface area contributed by atoms with Gasteiger partial charge in [-0.3, -0.25) is 0 Å². The van der Waals surface area contributed by atoms with E-state index in [1.807, 2.05) is 36.4 Å². The summed E-state index contributed by atoms with van der Waals surface area (Å²) in [6, 6.07) is 18.3. The molecule has 0 aromatic heterocycles. The molecule has 3 nitrogen and oxygen atoms in total. The van der Waals surface area contributed by atoms with Gasteiger partial charge in [0, 0.05) is 19.6 Å². The first-order chi connectivity index (χ1) is 10.4. The molecule has 1 aliphatic heterocycles. The third-order valence-corrected chi connectivity index (χ3v) is 3.77. The highest BCUT2D eigenvalue weighted by Crippen LogP contribution is 2.32. The van der Waals surface area contributed by atoms with E-state index in [2.05, 4.69) is 28.4 Å². The standard InChI is InChI=1S/C18H22N2O/c1-2-8-16(9-3-1)21-18-11-5-4-10-17(18)20-14-7-6-12-19-13-15-20/h1-5,8-11,19H,6-7,12-15H2. The minimum Gasteiger partial charge on any atom is -0.455 e. The van der Waals surface area contributed by atoms with Gasteiger partial charge >= 0.3 is 0 Å². The van der Waals surface area contributed by atoms with Crippen molar-refractivity contribution in [2.24, 2.45) is 0 Å². The number of hydrogen-bond acceptors (Lipinski definition) is 3. The van der Waals surface area contributed by atoms with Crippen molar-refractivity contribution in [2.45, 2.75) is 12.8 Å². The second-order valence-electron chi connectivity index (χ2n) is 5.33. The van der Waals surface area contributed by atoms with E-state index >= 15 is 0 Å². The van der Waals surface area contributed by atoms with Gasteiger partial charge in [-0.1, -0.05) is 30.3 Å². The number of anilines is 1. The van der Waals surface area contributed by atoms with Gasteiger partial charge in [0.2, 0.25) is 0 Å². The molecule has 1 N–H and O–H groups in total. The first-order valence-electron chi connectivity index (χ1n) is 7.71. The van der Waals surface area contributed by atoms with Crippen LogP contribution in [0.2, 0.25) is 0 Å². The van der Waals surface area contributed by atoms with E-state index in [1.54, 1.807) is 0 Å². The number of para-hydroxylation sites is 3. The predicted octanol–water partition coefficient (Wildman–Crippen LogP) is 3.67. The van der Waals surface area contributed by atoms with Crippen LogP contribution < -0.4 is 15.0 Å². The topological polar surface area (TPSA) is 24.5 Å². The second-order valence-corrected chi connectivity index (χ2v) is 5.33. The molecule has 1 saturated heterocycles. The third-order valence-electron chi connectivity index (χ3n) is 3.77. The van der Waals surface area contributed by atoms with E-state index in [1.165, 1.54) is 18.5 Å². The van der Waals surface area contributed by atoms with Crippen LogP contribution in [0.1, 0.15) is 12.8 Å². The molecule has 3 heteroatoms. The summed E-state index contributed by atoms with van der Waals surface area (Å²) in [4.78, 5) is 2.42. The van der Waals surface area contributed by atoms with E-state index in [4.69, 9.17) is 4.74 Å². The number of hydrogen-bond donors (Lipinski definition) is 1. The normalized spacial score (nSPS) is 16.1. The molecule has 2 aromatic rings. The van der Waals surface area contributed by atoms with Crippen LogP contribution >= 0.6 is 0 Å². The molecule has 0 saturated carbocycles. The van der Waals surface area contributed by atoms with Crippen molar-refractivity contribution < 1.29 is 4.74 Å². The number of ether oxygens (including phenoxy) is 1. The Morgan fingerprint density at radius 3 is 2.52 bits per heavy atom. The Bertz CT molecular complexity index is 548. The number of nitrogens with one attached hydrogen (secondary N) is 1. The fourth-order valence-corrected chi connectivity index (χ4v) is 2.66. The van der Waals surface area contributed by atoms with Crippen molar-refractivity contribution in [3.8, 4) is 11.5 Å². The zero-order valence-electron chi connectivity index (χ0n) is 12.3. The van der Waals surface area contributed by atoms with E-state index < -0.39 is 0 Å². The van der Waals surface area contributed by atoms with Crippen LogP contribution in [0.15, 0.2) is 54.6 Å². The lowest BCUT2D eigenvalue weighted by molar-refractivity contribution is 0.478. The Balaban J connectivity index is 1.81. The van der Waals surface area contributed by atoms with Crippen molar-refractivity contribution >= 4 is 5.69 Å². The molecule has 0 spiro atoms. The van der Waals surface area contributed by atoms with Crippen LogP contribution in [-0.2, 0) is 0 Å². The summed E-state index contributed by atoms with van der Waals surface area (Å²) >= 11 is 0. The van der Waals surface area contributed by atoms with Crippen molar-refractivity contribution in [1.82, 2.24) is 5.32 Å². The Labute approximate surface area is 126 Å². The number of rotatable bonds is 3. The summed E-state index contributed by atoms with van der Waals surface area (Å²) in [6.45, 7) is 4.28. The van der Waals surface area contributed by atoms with Crippen molar-refractivity contribution in [3.05, 3.63) is 54.6 Å². The molecule has 1 fully saturated rings. The zero-order valence-corrected chi connectivity index (χ0v) is 12.3. The first-order valence-corrected chi connectivity index (χ1v) is 7.71. The van der Waals surface area contributed by atoms with Crippen LogP contribution in [0, 0.1) is 0 Å². The average molecular weight is 282 g/mol. The lowest BCUT2D eigenvalue weighted by Gasteiger charge is -2.28. The lowest BCUT2D eigenvalue weighted by Crippen LogP contribution is -2.36. The molecule has 0 radical (unpaired) electrons. The summed E-state index contributed by atoms with van der Waals surface area (Å²) in [5, 5.41) is 3.47. The molecule has 3 rings (SSSR count). The highest BCUT2D eigenvalue weighted by Gasteiger charge is 2.13. The fraction of sp³-hybridized carbons (Fsp3) is 0.333. The van der Waals surface area contributed by atoms with Crippen LogP contribution in [0.5, 0.6) is 11.5 Å². The minimum absolute atomic E-state index is 0.884. The molecule has 110 valence electrons. The smallest absolute Gasteiger partial charge is 0.150 e.